The SMILES string of the molecule is COc1ccc2c(O[C@@H]3C[C@H]4C(=O)N[C@]5(C(=O)NS(=O)(=O)C6(C)CC6)C[C@H]5C=CCC[C@H](C)C[C@@H](C)[C@H](N(C(=O)O)C(C)(C)C(F)(F)F)C(=O)N4C3)nc(-c3ccc(OC(C)C)nc3)cc2c1. The molecule has 67 heavy (non-hydrogen) atoms. The first kappa shape index (κ1) is 49.3. The number of rotatable bonds is 11. The van der Waals surface area contributed by atoms with Gasteiger partial charge in [-0.1, -0.05) is 26.0 Å². The zero-order valence-electron chi connectivity index (χ0n) is 38.8. The first-order valence-corrected chi connectivity index (χ1v) is 24.0. The van der Waals surface area contributed by atoms with Crippen molar-refractivity contribution >= 4 is 44.6 Å². The number of carboxylic acid groups (broad SMARTS) is 1. The lowest BCUT2D eigenvalue weighted by Crippen LogP contribution is -2.66. The standard InChI is InChI=1S/C47H59F3N6O10S/c1-26(2)65-37-16-13-29(24-51-37)35-21-30-20-32(64-8)14-15-34(30)40(52-35)66-33-22-36-39(57)53-46(42(59)54-67(62,63)45(7)17-18-45)23-31(46)12-10-9-11-27(3)19-28(4)38(41(58)55(36)25-33)56(43(60)61)44(5,6)47(48,49)50/h10,12-16,20-21,24,26-28,31,33,36,38H,9,11,17-19,22-23,25H2,1-8H3,(H,53,57)(H,54,59)(H,60,61)/t27-,28+,31+,33+,36-,38-,46+/m0/s1. The van der Waals surface area contributed by atoms with Gasteiger partial charge in [0.05, 0.1) is 30.2 Å². The summed E-state index contributed by atoms with van der Waals surface area (Å²) in [6.07, 6.45) is -1.66. The Bertz CT molecular complexity index is 2550. The van der Waals surface area contributed by atoms with Crippen LogP contribution in [-0.4, -0.2) is 117 Å². The Labute approximate surface area is 388 Å². The van der Waals surface area contributed by atoms with Gasteiger partial charge in [-0.3, -0.25) is 24.0 Å². The van der Waals surface area contributed by atoms with Crippen molar-refractivity contribution < 1.29 is 60.1 Å². The van der Waals surface area contributed by atoms with E-state index in [1.54, 1.807) is 54.7 Å². The zero-order chi connectivity index (χ0) is 49.0. The fraction of sp³-hybridized carbons (Fsp3) is 0.574. The van der Waals surface area contributed by atoms with Crippen LogP contribution in [0.15, 0.2) is 54.7 Å². The highest BCUT2D eigenvalue weighted by Crippen LogP contribution is 2.48. The average Bonchev–Trinajstić information content (AvgIpc) is 4.13. The van der Waals surface area contributed by atoms with Crippen molar-refractivity contribution in [2.75, 3.05) is 13.7 Å². The molecule has 364 valence electrons. The van der Waals surface area contributed by atoms with Gasteiger partial charge in [-0.25, -0.2) is 23.2 Å². The van der Waals surface area contributed by atoms with Gasteiger partial charge in [0, 0.05) is 35.6 Å². The van der Waals surface area contributed by atoms with Gasteiger partial charge in [0.15, 0.2) is 0 Å². The number of carbonyl (C=O) groups is 4. The monoisotopic (exact) mass is 956 g/mol. The predicted molar refractivity (Wildman–Crippen MR) is 241 cm³/mol. The van der Waals surface area contributed by atoms with Gasteiger partial charge in [0.25, 0.3) is 5.91 Å². The number of alkyl halides is 3. The summed E-state index contributed by atoms with van der Waals surface area (Å²) < 4.78 is 90.2. The van der Waals surface area contributed by atoms with E-state index in [1.807, 2.05) is 20.8 Å². The Morgan fingerprint density at radius 2 is 1.79 bits per heavy atom. The van der Waals surface area contributed by atoms with E-state index in [2.05, 4.69) is 15.0 Å². The molecule has 0 spiro atoms. The van der Waals surface area contributed by atoms with Crippen molar-refractivity contribution in [2.45, 2.75) is 140 Å². The van der Waals surface area contributed by atoms with Gasteiger partial charge < -0.3 is 29.5 Å². The van der Waals surface area contributed by atoms with E-state index in [9.17, 15) is 41.1 Å². The lowest BCUT2D eigenvalue weighted by Gasteiger charge is -2.45. The molecule has 4 heterocycles. The van der Waals surface area contributed by atoms with E-state index in [0.717, 1.165) is 4.90 Å². The number of halogens is 3. The number of nitrogens with one attached hydrogen (secondary N) is 2. The summed E-state index contributed by atoms with van der Waals surface area (Å²) in [6, 6.07) is 6.95. The number of hydrogen-bond donors (Lipinski definition) is 3. The topological polar surface area (TPSA) is 207 Å². The number of sulfonamides is 1. The number of allylic oxidation sites excluding steroid dienone is 1. The number of carbonyl (C=O) groups excluding carboxylic acids is 3. The Morgan fingerprint density at radius 1 is 1.07 bits per heavy atom. The summed E-state index contributed by atoms with van der Waals surface area (Å²) in [5.74, 6) is -3.78. The third-order valence-electron chi connectivity index (χ3n) is 13.7. The molecule has 0 radical (unpaired) electrons. The molecule has 16 nitrogen and oxygen atoms in total. The van der Waals surface area contributed by atoms with Gasteiger partial charge in [-0.15, -0.1) is 0 Å². The van der Waals surface area contributed by atoms with E-state index in [0.29, 0.717) is 73.2 Å². The summed E-state index contributed by atoms with van der Waals surface area (Å²) >= 11 is 0. The van der Waals surface area contributed by atoms with Gasteiger partial charge >= 0.3 is 12.3 Å². The minimum atomic E-state index is -5.12. The predicted octanol–water partition coefficient (Wildman–Crippen LogP) is 7.02. The molecule has 4 aliphatic rings. The smallest absolute Gasteiger partial charge is 0.411 e. The molecule has 0 bridgehead atoms. The number of amides is 4. The Kier molecular flexibility index (Phi) is 13.3. The highest BCUT2D eigenvalue weighted by Gasteiger charge is 2.64. The molecule has 1 saturated heterocycles. The number of methoxy groups -OCH3 is 1. The molecular weight excluding hydrogens is 898 g/mol. The molecule has 0 unspecified atom stereocenters. The minimum Gasteiger partial charge on any atom is -0.497 e. The number of pyridine rings is 2. The van der Waals surface area contributed by atoms with E-state index in [1.165, 1.54) is 21.0 Å². The summed E-state index contributed by atoms with van der Waals surface area (Å²) in [4.78, 5) is 67.7. The van der Waals surface area contributed by atoms with Gasteiger partial charge in [-0.2, -0.15) is 13.2 Å². The second kappa shape index (κ2) is 18.1. The minimum absolute atomic E-state index is 0.0290. The van der Waals surface area contributed by atoms with E-state index < -0.39 is 92.4 Å². The quantitative estimate of drug-likeness (QED) is 0.166. The molecule has 2 aliphatic heterocycles. The first-order valence-electron chi connectivity index (χ1n) is 22.5. The van der Waals surface area contributed by atoms with Gasteiger partial charge in [0.1, 0.15) is 35.0 Å². The highest BCUT2D eigenvalue weighted by molar-refractivity contribution is 7.91. The van der Waals surface area contributed by atoms with Crippen molar-refractivity contribution in [3.05, 3.63) is 54.7 Å². The van der Waals surface area contributed by atoms with Crippen molar-refractivity contribution in [3.8, 4) is 28.8 Å². The van der Waals surface area contributed by atoms with E-state index in [-0.39, 0.29) is 42.1 Å². The van der Waals surface area contributed by atoms with Crippen LogP contribution in [-0.2, 0) is 24.4 Å². The Morgan fingerprint density at radius 3 is 2.40 bits per heavy atom. The van der Waals surface area contributed by atoms with Crippen molar-refractivity contribution in [1.29, 1.82) is 0 Å². The third kappa shape index (κ3) is 9.86. The average molecular weight is 957 g/mol. The number of nitrogens with zero attached hydrogens (tertiary/aromatic N) is 4. The third-order valence-corrected chi connectivity index (χ3v) is 15.8. The molecule has 3 fully saturated rings. The van der Waals surface area contributed by atoms with Crippen molar-refractivity contribution in [2.24, 2.45) is 17.8 Å². The van der Waals surface area contributed by atoms with Crippen LogP contribution in [0.3, 0.4) is 0 Å². The lowest BCUT2D eigenvalue weighted by molar-refractivity contribution is -0.222. The molecule has 7 rings (SSSR count). The number of fused-ring (bicyclic) bond motifs is 3. The van der Waals surface area contributed by atoms with E-state index in [4.69, 9.17) is 19.2 Å². The van der Waals surface area contributed by atoms with Crippen LogP contribution in [0.2, 0.25) is 0 Å². The molecule has 7 atom stereocenters. The summed E-state index contributed by atoms with van der Waals surface area (Å²) in [5, 5.41) is 14.5. The van der Waals surface area contributed by atoms with Gasteiger partial charge in [-0.05, 0) is 121 Å². The van der Waals surface area contributed by atoms with Crippen LogP contribution in [0.25, 0.3) is 22.0 Å². The second-order valence-corrected chi connectivity index (χ2v) is 21.8. The molecule has 4 amide bonds. The second-order valence-electron chi connectivity index (χ2n) is 19.6. The maximum absolute atomic E-state index is 15.3. The fourth-order valence-electron chi connectivity index (χ4n) is 9.15. The number of hydrogen-bond acceptors (Lipinski definition) is 11. The molecule has 3 N–H and O–H groups in total. The van der Waals surface area contributed by atoms with Crippen LogP contribution >= 0.6 is 0 Å². The van der Waals surface area contributed by atoms with Crippen LogP contribution in [0.4, 0.5) is 18.0 Å². The van der Waals surface area contributed by atoms with Crippen LogP contribution in [0.1, 0.15) is 93.4 Å². The molecule has 2 aromatic heterocycles. The molecule has 2 saturated carbocycles. The largest absolute Gasteiger partial charge is 0.497 e. The first-order chi connectivity index (χ1) is 31.3. The zero-order valence-corrected chi connectivity index (χ0v) is 39.7. The number of aromatic nitrogens is 2. The summed E-state index contributed by atoms with van der Waals surface area (Å²) in [6.45, 7) is 9.60. The molecule has 20 heteroatoms. The number of ether oxygens (including phenoxy) is 3. The van der Waals surface area contributed by atoms with E-state index >= 15 is 4.79 Å². The Hall–Kier alpha value is -5.66. The highest BCUT2D eigenvalue weighted by atomic mass is 32.2. The van der Waals surface area contributed by atoms with Crippen molar-refractivity contribution in [3.63, 3.8) is 0 Å². The van der Waals surface area contributed by atoms with Crippen LogP contribution in [0.5, 0.6) is 17.5 Å². The lowest BCUT2D eigenvalue weighted by atomic mass is 9.85. The van der Waals surface area contributed by atoms with Crippen LogP contribution < -0.4 is 24.2 Å². The van der Waals surface area contributed by atoms with Crippen LogP contribution in [0, 0.1) is 17.8 Å². The maximum Gasteiger partial charge on any atom is 0.411 e. The Balaban J connectivity index is 1.31. The van der Waals surface area contributed by atoms with Crippen molar-refractivity contribution in [1.82, 2.24) is 29.8 Å². The summed E-state index contributed by atoms with van der Waals surface area (Å²) in [7, 11) is -2.65. The summed E-state index contributed by atoms with van der Waals surface area (Å²) in [5.41, 5.74) is -3.81. The molecule has 1 aromatic carbocycles. The number of benzene rings is 1. The molecular formula is C47H59F3N6O10S. The molecule has 2 aliphatic carbocycles. The van der Waals surface area contributed by atoms with Gasteiger partial charge in [0.2, 0.25) is 33.6 Å². The fourth-order valence-corrected chi connectivity index (χ4v) is 10.5. The normalized spacial score (nSPS) is 26.7. The molecule has 3 aromatic rings. The maximum atomic E-state index is 15.3.